The van der Waals surface area contributed by atoms with Gasteiger partial charge in [-0.2, -0.15) is 0 Å². The number of H-pyrrole nitrogens is 1. The fraction of sp³-hybridized carbons (Fsp3) is 0.357. The number of rotatable bonds is 9. The van der Waals surface area contributed by atoms with Crippen LogP contribution in [0.4, 0.5) is 5.95 Å². The van der Waals surface area contributed by atoms with E-state index in [1.165, 1.54) is 10.9 Å². The van der Waals surface area contributed by atoms with E-state index in [1.54, 1.807) is 12.4 Å². The van der Waals surface area contributed by atoms with Crippen molar-refractivity contribution in [3.05, 3.63) is 82.8 Å². The van der Waals surface area contributed by atoms with Crippen LogP contribution in [0.5, 0.6) is 5.75 Å². The Labute approximate surface area is 216 Å². The van der Waals surface area contributed by atoms with Crippen LogP contribution < -0.4 is 9.64 Å². The fourth-order valence-corrected chi connectivity index (χ4v) is 5.21. The Balaban J connectivity index is 1.43. The number of hydrogen-bond donors (Lipinski definition) is 2. The minimum atomic E-state index is -0.533. The first-order valence-electron chi connectivity index (χ1n) is 12.5. The van der Waals surface area contributed by atoms with Gasteiger partial charge in [0.15, 0.2) is 0 Å². The molecule has 0 bridgehead atoms. The molecule has 0 radical (unpaired) electrons. The van der Waals surface area contributed by atoms with Crippen molar-refractivity contribution >= 4 is 28.5 Å². The fourth-order valence-electron chi connectivity index (χ4n) is 5.03. The first kappa shape index (κ1) is 24.6. The van der Waals surface area contributed by atoms with Gasteiger partial charge in [-0.25, -0.2) is 9.97 Å². The van der Waals surface area contributed by atoms with Crippen LogP contribution in [0, 0.1) is 0 Å². The number of halogens is 1. The lowest BCUT2D eigenvalue weighted by atomic mass is 9.92. The molecular formula is C28H32ClN5O2. The van der Waals surface area contributed by atoms with Crippen LogP contribution in [-0.2, 0) is 6.42 Å². The maximum absolute atomic E-state index is 10.4. The molecule has 0 fully saturated rings. The van der Waals surface area contributed by atoms with Crippen LogP contribution in [0.15, 0.2) is 60.9 Å². The SMILES string of the molecule is CCN(CC)C[C@H](O)COc1ccc([C@H]2c3[nH]c4ccc(Cl)cc4c3CCN2c2ncccn2)cc1. The molecule has 4 aromatic rings. The highest BCUT2D eigenvalue weighted by molar-refractivity contribution is 6.31. The predicted molar refractivity (Wildman–Crippen MR) is 144 cm³/mol. The highest BCUT2D eigenvalue weighted by atomic mass is 35.5. The Morgan fingerprint density at radius 1 is 1.14 bits per heavy atom. The second-order valence-corrected chi connectivity index (χ2v) is 9.56. The molecule has 0 unspecified atom stereocenters. The molecule has 0 spiro atoms. The van der Waals surface area contributed by atoms with E-state index in [0.717, 1.165) is 53.6 Å². The smallest absolute Gasteiger partial charge is 0.226 e. The zero-order chi connectivity index (χ0) is 25.1. The zero-order valence-electron chi connectivity index (χ0n) is 20.7. The third-order valence-corrected chi connectivity index (χ3v) is 7.13. The molecule has 0 aliphatic carbocycles. The summed E-state index contributed by atoms with van der Waals surface area (Å²) in [4.78, 5) is 17.2. The number of likely N-dealkylation sites (N-methyl/N-ethyl adjacent to an activating group) is 1. The van der Waals surface area contributed by atoms with Crippen molar-refractivity contribution in [2.45, 2.75) is 32.4 Å². The highest BCUT2D eigenvalue weighted by Gasteiger charge is 2.33. The third-order valence-electron chi connectivity index (χ3n) is 6.90. The van der Waals surface area contributed by atoms with Crippen LogP contribution in [0.3, 0.4) is 0 Å². The molecule has 2 aromatic carbocycles. The summed E-state index contributed by atoms with van der Waals surface area (Å²) in [6.45, 7) is 7.66. The number of ether oxygens (including phenoxy) is 1. The van der Waals surface area contributed by atoms with Gasteiger partial charge in [0.25, 0.3) is 0 Å². The Morgan fingerprint density at radius 2 is 1.89 bits per heavy atom. The van der Waals surface area contributed by atoms with Gasteiger partial charge in [0.2, 0.25) is 5.95 Å². The van der Waals surface area contributed by atoms with Gasteiger partial charge in [-0.15, -0.1) is 0 Å². The number of aliphatic hydroxyl groups excluding tert-OH is 1. The lowest BCUT2D eigenvalue weighted by Crippen LogP contribution is -2.37. The van der Waals surface area contributed by atoms with Gasteiger partial charge in [-0.1, -0.05) is 37.6 Å². The van der Waals surface area contributed by atoms with Crippen LogP contribution >= 0.6 is 11.6 Å². The molecule has 2 aromatic heterocycles. The molecule has 0 saturated carbocycles. The van der Waals surface area contributed by atoms with Gasteiger partial charge in [0.1, 0.15) is 18.5 Å². The molecule has 3 heterocycles. The molecule has 0 saturated heterocycles. The Kier molecular flexibility index (Phi) is 7.41. The maximum atomic E-state index is 10.4. The second-order valence-electron chi connectivity index (χ2n) is 9.12. The van der Waals surface area contributed by atoms with Crippen LogP contribution in [0.2, 0.25) is 5.02 Å². The van der Waals surface area contributed by atoms with Gasteiger partial charge in [0.05, 0.1) is 6.04 Å². The topological polar surface area (TPSA) is 77.5 Å². The Morgan fingerprint density at radius 3 is 2.61 bits per heavy atom. The van der Waals surface area contributed by atoms with E-state index >= 15 is 0 Å². The number of nitrogens with zero attached hydrogens (tertiary/aromatic N) is 4. The summed E-state index contributed by atoms with van der Waals surface area (Å²) in [5.41, 5.74) is 4.60. The summed E-state index contributed by atoms with van der Waals surface area (Å²) < 4.78 is 5.90. The van der Waals surface area contributed by atoms with Gasteiger partial charge in [-0.3, -0.25) is 0 Å². The Bertz CT molecular complexity index is 1290. The number of hydrogen-bond acceptors (Lipinski definition) is 6. The van der Waals surface area contributed by atoms with Crippen LogP contribution in [-0.4, -0.2) is 63.8 Å². The van der Waals surface area contributed by atoms with Crippen LogP contribution in [0.25, 0.3) is 10.9 Å². The highest BCUT2D eigenvalue weighted by Crippen LogP contribution is 2.40. The summed E-state index contributed by atoms with van der Waals surface area (Å²) in [5.74, 6) is 1.43. The van der Waals surface area contributed by atoms with Crippen LogP contribution in [0.1, 0.15) is 36.7 Å². The first-order chi connectivity index (χ1) is 17.6. The third kappa shape index (κ3) is 5.05. The van der Waals surface area contributed by atoms with Gasteiger partial charge < -0.3 is 24.6 Å². The number of aliphatic hydroxyl groups is 1. The molecule has 8 heteroatoms. The quantitative estimate of drug-likeness (QED) is 0.339. The Hall–Kier alpha value is -3.13. The minimum absolute atomic E-state index is 0.0790. The normalized spacial score (nSPS) is 16.4. The molecule has 36 heavy (non-hydrogen) atoms. The number of aromatic nitrogens is 3. The lowest BCUT2D eigenvalue weighted by Gasteiger charge is -2.36. The van der Waals surface area contributed by atoms with Gasteiger partial charge >= 0.3 is 0 Å². The molecule has 0 amide bonds. The van der Waals surface area contributed by atoms with E-state index in [4.69, 9.17) is 16.3 Å². The molecule has 7 nitrogen and oxygen atoms in total. The van der Waals surface area contributed by atoms with E-state index < -0.39 is 6.10 Å². The summed E-state index contributed by atoms with van der Waals surface area (Å²) in [5, 5.41) is 12.3. The van der Waals surface area contributed by atoms with E-state index in [-0.39, 0.29) is 12.6 Å². The summed E-state index contributed by atoms with van der Waals surface area (Å²) in [6.07, 6.45) is 3.89. The molecule has 1 aliphatic rings. The standard InChI is InChI=1S/C28H32ClN5O2/c1-3-33(4-2)17-21(35)18-36-22-9-6-19(7-10-22)27-26-23(24-16-20(29)8-11-25(24)32-26)12-15-34(27)28-30-13-5-14-31-28/h5-11,13-14,16,21,27,32,35H,3-4,12,15,17-18H2,1-2H3/t21-,27-/m0/s1. The molecule has 5 rings (SSSR count). The van der Waals surface area contributed by atoms with E-state index in [1.807, 2.05) is 36.4 Å². The van der Waals surface area contributed by atoms with Crippen molar-refractivity contribution in [2.75, 3.05) is 37.7 Å². The summed E-state index contributed by atoms with van der Waals surface area (Å²) in [6, 6.07) is 15.9. The molecule has 1 aliphatic heterocycles. The van der Waals surface area contributed by atoms with E-state index in [2.05, 4.69) is 50.7 Å². The van der Waals surface area contributed by atoms with Gasteiger partial charge in [-0.05, 0) is 67.0 Å². The number of benzene rings is 2. The predicted octanol–water partition coefficient (Wildman–Crippen LogP) is 4.84. The van der Waals surface area contributed by atoms with Crippen molar-refractivity contribution in [3.63, 3.8) is 0 Å². The van der Waals surface area contributed by atoms with Crippen molar-refractivity contribution in [1.82, 2.24) is 19.9 Å². The monoisotopic (exact) mass is 505 g/mol. The molecule has 2 N–H and O–H groups in total. The number of aromatic amines is 1. The van der Waals surface area contributed by atoms with Crippen molar-refractivity contribution in [2.24, 2.45) is 0 Å². The zero-order valence-corrected chi connectivity index (χ0v) is 21.4. The van der Waals surface area contributed by atoms with E-state index in [0.29, 0.717) is 12.5 Å². The second kappa shape index (κ2) is 10.9. The number of fused-ring (bicyclic) bond motifs is 3. The first-order valence-corrected chi connectivity index (χ1v) is 12.9. The number of nitrogens with one attached hydrogen (secondary N) is 1. The summed E-state index contributed by atoms with van der Waals surface area (Å²) >= 11 is 6.33. The minimum Gasteiger partial charge on any atom is -0.491 e. The number of anilines is 1. The molecule has 188 valence electrons. The van der Waals surface area contributed by atoms with E-state index in [9.17, 15) is 5.11 Å². The average molecular weight is 506 g/mol. The molecular weight excluding hydrogens is 474 g/mol. The lowest BCUT2D eigenvalue weighted by molar-refractivity contribution is 0.0716. The molecule has 2 atom stereocenters. The van der Waals surface area contributed by atoms with Gasteiger partial charge in [0, 0.05) is 47.1 Å². The van der Waals surface area contributed by atoms with Crippen molar-refractivity contribution in [3.8, 4) is 5.75 Å². The average Bonchev–Trinajstić information content (AvgIpc) is 3.28. The summed E-state index contributed by atoms with van der Waals surface area (Å²) in [7, 11) is 0. The maximum Gasteiger partial charge on any atom is 0.226 e. The largest absolute Gasteiger partial charge is 0.491 e. The van der Waals surface area contributed by atoms with Crippen molar-refractivity contribution < 1.29 is 9.84 Å². The van der Waals surface area contributed by atoms with Crippen molar-refractivity contribution in [1.29, 1.82) is 0 Å².